The van der Waals surface area contributed by atoms with Gasteiger partial charge in [-0.2, -0.15) is 0 Å². The zero-order valence-electron chi connectivity index (χ0n) is 14.2. The third-order valence-electron chi connectivity index (χ3n) is 3.98. The molecule has 0 aliphatic rings. The van der Waals surface area contributed by atoms with Gasteiger partial charge in [-0.1, -0.05) is 78.9 Å². The molecule has 0 heterocycles. The van der Waals surface area contributed by atoms with Crippen LogP contribution >= 0.6 is 11.8 Å². The van der Waals surface area contributed by atoms with Gasteiger partial charge in [0.05, 0.1) is 5.25 Å². The number of benzene rings is 3. The molecular formula is C22H21NOS. The summed E-state index contributed by atoms with van der Waals surface area (Å²) in [7, 11) is 0. The molecule has 1 amide bonds. The van der Waals surface area contributed by atoms with Crippen LogP contribution < -0.4 is 5.32 Å². The van der Waals surface area contributed by atoms with E-state index in [-0.39, 0.29) is 11.2 Å². The maximum atomic E-state index is 12.6. The van der Waals surface area contributed by atoms with Crippen molar-refractivity contribution in [3.63, 3.8) is 0 Å². The second-order valence-corrected chi connectivity index (χ2v) is 7.17. The standard InChI is InChI=1S/C22H21NOS/c1-17(25-16-18-10-4-2-5-11-18)22(24)23-21-15-9-8-14-20(21)19-12-6-3-7-13-19/h2-15,17H,16H2,1H3,(H,23,24)/t17-/m0/s1. The molecule has 0 aliphatic heterocycles. The Morgan fingerprint density at radius 3 is 2.20 bits per heavy atom. The maximum Gasteiger partial charge on any atom is 0.237 e. The largest absolute Gasteiger partial charge is 0.325 e. The predicted octanol–water partition coefficient (Wildman–Crippen LogP) is 5.61. The normalized spacial score (nSPS) is 11.7. The van der Waals surface area contributed by atoms with Gasteiger partial charge in [-0.25, -0.2) is 0 Å². The molecule has 0 aromatic heterocycles. The van der Waals surface area contributed by atoms with Crippen molar-refractivity contribution in [1.82, 2.24) is 0 Å². The number of nitrogens with one attached hydrogen (secondary N) is 1. The molecule has 126 valence electrons. The second-order valence-electron chi connectivity index (χ2n) is 5.84. The Bertz CT molecular complexity index is 818. The Morgan fingerprint density at radius 1 is 0.880 bits per heavy atom. The number of carbonyl (C=O) groups is 1. The molecule has 0 unspecified atom stereocenters. The van der Waals surface area contributed by atoms with Crippen LogP contribution in [0.4, 0.5) is 5.69 Å². The first-order chi connectivity index (χ1) is 12.2. The summed E-state index contributed by atoms with van der Waals surface area (Å²) in [6.45, 7) is 1.95. The Hall–Kier alpha value is -2.52. The molecule has 0 saturated heterocycles. The van der Waals surface area contributed by atoms with E-state index in [1.165, 1.54) is 5.56 Å². The molecule has 25 heavy (non-hydrogen) atoms. The van der Waals surface area contributed by atoms with E-state index < -0.39 is 0 Å². The van der Waals surface area contributed by atoms with Gasteiger partial charge in [-0.3, -0.25) is 4.79 Å². The fraction of sp³-hybridized carbons (Fsp3) is 0.136. The molecule has 1 N–H and O–H groups in total. The van der Waals surface area contributed by atoms with Crippen LogP contribution in [0.1, 0.15) is 12.5 Å². The molecule has 3 aromatic rings. The van der Waals surface area contributed by atoms with Crippen molar-refractivity contribution in [2.45, 2.75) is 17.9 Å². The van der Waals surface area contributed by atoms with Crippen molar-refractivity contribution in [2.24, 2.45) is 0 Å². The summed E-state index contributed by atoms with van der Waals surface area (Å²) in [4.78, 5) is 12.6. The summed E-state index contributed by atoms with van der Waals surface area (Å²) < 4.78 is 0. The summed E-state index contributed by atoms with van der Waals surface area (Å²) in [6.07, 6.45) is 0. The Balaban J connectivity index is 1.67. The minimum atomic E-state index is -0.121. The van der Waals surface area contributed by atoms with E-state index in [1.54, 1.807) is 11.8 Å². The molecule has 0 aliphatic carbocycles. The van der Waals surface area contributed by atoms with Crippen molar-refractivity contribution < 1.29 is 4.79 Å². The number of carbonyl (C=O) groups excluding carboxylic acids is 1. The summed E-state index contributed by atoms with van der Waals surface area (Å²) >= 11 is 1.65. The maximum absolute atomic E-state index is 12.6. The number of hydrogen-bond donors (Lipinski definition) is 1. The minimum absolute atomic E-state index is 0.0318. The first-order valence-corrected chi connectivity index (χ1v) is 9.40. The van der Waals surface area contributed by atoms with Crippen LogP contribution in [0.25, 0.3) is 11.1 Å². The molecule has 2 nitrogen and oxygen atoms in total. The highest BCUT2D eigenvalue weighted by Crippen LogP contribution is 2.28. The minimum Gasteiger partial charge on any atom is -0.325 e. The van der Waals surface area contributed by atoms with Crippen LogP contribution in [-0.4, -0.2) is 11.2 Å². The van der Waals surface area contributed by atoms with E-state index >= 15 is 0 Å². The highest BCUT2D eigenvalue weighted by Gasteiger charge is 2.15. The molecule has 3 aromatic carbocycles. The molecule has 3 heteroatoms. The SMILES string of the molecule is C[C@H](SCc1ccccc1)C(=O)Nc1ccccc1-c1ccccc1. The van der Waals surface area contributed by atoms with Gasteiger partial charge in [0, 0.05) is 17.0 Å². The van der Waals surface area contributed by atoms with Crippen molar-refractivity contribution >= 4 is 23.4 Å². The van der Waals surface area contributed by atoms with Gasteiger partial charge < -0.3 is 5.32 Å². The molecule has 0 fully saturated rings. The topological polar surface area (TPSA) is 29.1 Å². The zero-order valence-corrected chi connectivity index (χ0v) is 15.0. The monoisotopic (exact) mass is 347 g/mol. The highest BCUT2D eigenvalue weighted by atomic mass is 32.2. The highest BCUT2D eigenvalue weighted by molar-refractivity contribution is 7.99. The number of amides is 1. The first kappa shape index (κ1) is 17.3. The van der Waals surface area contributed by atoms with E-state index in [2.05, 4.69) is 29.6 Å². The molecule has 0 spiro atoms. The molecule has 1 atom stereocenters. The van der Waals surface area contributed by atoms with Crippen LogP contribution in [0, 0.1) is 0 Å². The molecule has 0 radical (unpaired) electrons. The van der Waals surface area contributed by atoms with E-state index in [0.29, 0.717) is 0 Å². The second kappa shape index (κ2) is 8.54. The third-order valence-corrected chi connectivity index (χ3v) is 5.20. The predicted molar refractivity (Wildman–Crippen MR) is 108 cm³/mol. The number of rotatable bonds is 6. The van der Waals surface area contributed by atoms with Crippen molar-refractivity contribution in [1.29, 1.82) is 0 Å². The summed E-state index contributed by atoms with van der Waals surface area (Å²) in [6, 6.07) is 28.3. The van der Waals surface area contributed by atoms with Crippen LogP contribution in [0.15, 0.2) is 84.9 Å². The van der Waals surface area contributed by atoms with Crippen molar-refractivity contribution in [3.8, 4) is 11.1 Å². The lowest BCUT2D eigenvalue weighted by atomic mass is 10.0. The molecular weight excluding hydrogens is 326 g/mol. The van der Waals surface area contributed by atoms with Crippen LogP contribution in [-0.2, 0) is 10.5 Å². The van der Waals surface area contributed by atoms with Gasteiger partial charge >= 0.3 is 0 Å². The van der Waals surface area contributed by atoms with Gasteiger partial charge in [-0.15, -0.1) is 11.8 Å². The van der Waals surface area contributed by atoms with Crippen LogP contribution in [0.2, 0.25) is 0 Å². The summed E-state index contributed by atoms with van der Waals surface area (Å²) in [5.41, 5.74) is 4.22. The first-order valence-electron chi connectivity index (χ1n) is 8.35. The average molecular weight is 347 g/mol. The number of anilines is 1. The van der Waals surface area contributed by atoms with Crippen molar-refractivity contribution in [3.05, 3.63) is 90.5 Å². The lowest BCUT2D eigenvalue weighted by molar-refractivity contribution is -0.115. The van der Waals surface area contributed by atoms with E-state index in [1.807, 2.05) is 67.6 Å². The third kappa shape index (κ3) is 4.74. The molecule has 0 bridgehead atoms. The number of para-hydroxylation sites is 1. The van der Waals surface area contributed by atoms with Crippen LogP contribution in [0.3, 0.4) is 0 Å². The van der Waals surface area contributed by atoms with E-state index in [9.17, 15) is 4.79 Å². The van der Waals surface area contributed by atoms with Crippen LogP contribution in [0.5, 0.6) is 0 Å². The lowest BCUT2D eigenvalue weighted by Gasteiger charge is -2.15. The number of thioether (sulfide) groups is 1. The summed E-state index contributed by atoms with van der Waals surface area (Å²) in [5.74, 6) is 0.861. The molecule has 3 rings (SSSR count). The number of hydrogen-bond acceptors (Lipinski definition) is 2. The lowest BCUT2D eigenvalue weighted by Crippen LogP contribution is -2.22. The summed E-state index contributed by atoms with van der Waals surface area (Å²) in [5, 5.41) is 2.96. The zero-order chi connectivity index (χ0) is 17.5. The van der Waals surface area contributed by atoms with Gasteiger partial charge in [0.15, 0.2) is 0 Å². The Kier molecular flexibility index (Phi) is 5.91. The van der Waals surface area contributed by atoms with Gasteiger partial charge in [-0.05, 0) is 24.1 Å². The van der Waals surface area contributed by atoms with E-state index in [4.69, 9.17) is 0 Å². The average Bonchev–Trinajstić information content (AvgIpc) is 2.68. The quantitative estimate of drug-likeness (QED) is 0.627. The Labute approximate surface area is 153 Å². The Morgan fingerprint density at radius 2 is 1.48 bits per heavy atom. The smallest absolute Gasteiger partial charge is 0.237 e. The molecule has 0 saturated carbocycles. The fourth-order valence-corrected chi connectivity index (χ4v) is 3.41. The van der Waals surface area contributed by atoms with Crippen molar-refractivity contribution in [2.75, 3.05) is 5.32 Å². The van der Waals surface area contributed by atoms with Gasteiger partial charge in [0.2, 0.25) is 5.91 Å². The van der Waals surface area contributed by atoms with Gasteiger partial charge in [0.1, 0.15) is 0 Å². The fourth-order valence-electron chi connectivity index (χ4n) is 2.57. The van der Waals surface area contributed by atoms with E-state index in [0.717, 1.165) is 22.6 Å². The van der Waals surface area contributed by atoms with Gasteiger partial charge in [0.25, 0.3) is 0 Å².